The topological polar surface area (TPSA) is 79.5 Å². The highest BCUT2D eigenvalue weighted by atomic mass is 35.5. The third-order valence-corrected chi connectivity index (χ3v) is 5.77. The summed E-state index contributed by atoms with van der Waals surface area (Å²) in [5, 5.41) is 10.2. The van der Waals surface area contributed by atoms with Crippen molar-refractivity contribution in [2.75, 3.05) is 44.3 Å². The average molecular weight is 395 g/mol. The lowest BCUT2D eigenvalue weighted by Gasteiger charge is -2.34. The Balaban J connectivity index is 1.63. The van der Waals surface area contributed by atoms with Gasteiger partial charge >= 0.3 is 0 Å². The first-order chi connectivity index (χ1) is 13.0. The summed E-state index contributed by atoms with van der Waals surface area (Å²) in [6, 6.07) is 0.297. The molecule has 2 aromatic rings. The number of morpholine rings is 1. The zero-order valence-electron chi connectivity index (χ0n) is 15.9. The van der Waals surface area contributed by atoms with Crippen LogP contribution in [-0.4, -0.2) is 81.1 Å². The number of fused-ring (bicyclic) bond motifs is 1. The van der Waals surface area contributed by atoms with Crippen LogP contribution in [0.4, 0.5) is 5.82 Å². The van der Waals surface area contributed by atoms with Gasteiger partial charge < -0.3 is 19.3 Å². The van der Waals surface area contributed by atoms with Gasteiger partial charge in [-0.2, -0.15) is 9.97 Å². The highest BCUT2D eigenvalue weighted by Gasteiger charge is 2.25. The molecular weight excluding hydrogens is 368 g/mol. The van der Waals surface area contributed by atoms with E-state index in [1.54, 1.807) is 0 Å². The van der Waals surface area contributed by atoms with Crippen LogP contribution in [0, 0.1) is 0 Å². The SMILES string of the molecule is CC(Cc1nc2c(N3CCOCC3)nc(Cl)nc2n1C)N1CCCC(O)C1. The number of piperidine rings is 1. The maximum absolute atomic E-state index is 9.96. The molecule has 2 fully saturated rings. The van der Waals surface area contributed by atoms with Gasteiger partial charge in [0.2, 0.25) is 5.28 Å². The second-order valence-corrected chi connectivity index (χ2v) is 7.86. The summed E-state index contributed by atoms with van der Waals surface area (Å²) in [6.07, 6.45) is 2.50. The Morgan fingerprint density at radius 2 is 2.00 bits per heavy atom. The highest BCUT2D eigenvalue weighted by Crippen LogP contribution is 2.27. The Bertz CT molecular complexity index is 807. The molecule has 0 spiro atoms. The van der Waals surface area contributed by atoms with Crippen molar-refractivity contribution in [3.63, 3.8) is 0 Å². The molecule has 2 aliphatic heterocycles. The van der Waals surface area contributed by atoms with Crippen molar-refractivity contribution in [2.45, 2.75) is 38.3 Å². The van der Waals surface area contributed by atoms with Gasteiger partial charge in [0.15, 0.2) is 17.0 Å². The van der Waals surface area contributed by atoms with Gasteiger partial charge in [-0.3, -0.25) is 4.90 Å². The number of halogens is 1. The minimum atomic E-state index is -0.223. The van der Waals surface area contributed by atoms with Crippen molar-refractivity contribution in [1.29, 1.82) is 0 Å². The number of β-amino-alcohol motifs (C(OH)–C–C–N with tert-alkyl or cyclic N) is 1. The van der Waals surface area contributed by atoms with Crippen molar-refractivity contribution in [1.82, 2.24) is 24.4 Å². The molecule has 9 heteroatoms. The van der Waals surface area contributed by atoms with Gasteiger partial charge in [0.25, 0.3) is 0 Å². The molecule has 0 radical (unpaired) electrons. The molecule has 2 unspecified atom stereocenters. The van der Waals surface area contributed by atoms with Crippen LogP contribution in [0.15, 0.2) is 0 Å². The number of imidazole rings is 1. The monoisotopic (exact) mass is 394 g/mol. The van der Waals surface area contributed by atoms with Crippen molar-refractivity contribution >= 4 is 28.6 Å². The maximum atomic E-state index is 9.96. The number of anilines is 1. The summed E-state index contributed by atoms with van der Waals surface area (Å²) in [4.78, 5) is 18.3. The lowest BCUT2D eigenvalue weighted by molar-refractivity contribution is 0.0501. The fraction of sp³-hybridized carbons (Fsp3) is 0.722. The molecule has 2 saturated heterocycles. The lowest BCUT2D eigenvalue weighted by Crippen LogP contribution is -2.44. The van der Waals surface area contributed by atoms with Gasteiger partial charge in [-0.25, -0.2) is 4.98 Å². The molecule has 2 aliphatic rings. The van der Waals surface area contributed by atoms with Gasteiger partial charge in [0.1, 0.15) is 5.82 Å². The van der Waals surface area contributed by atoms with Crippen LogP contribution in [0.2, 0.25) is 5.28 Å². The maximum Gasteiger partial charge on any atom is 0.226 e. The van der Waals surface area contributed by atoms with E-state index in [9.17, 15) is 5.11 Å². The van der Waals surface area contributed by atoms with E-state index in [1.807, 2.05) is 11.6 Å². The molecule has 27 heavy (non-hydrogen) atoms. The fourth-order valence-electron chi connectivity index (χ4n) is 4.02. The van der Waals surface area contributed by atoms with Crippen molar-refractivity contribution < 1.29 is 9.84 Å². The first-order valence-electron chi connectivity index (χ1n) is 9.66. The standard InChI is InChI=1S/C18H27ClN6O2/c1-12(25-5-3-4-13(26)11-25)10-14-20-15-16(23(14)2)21-18(19)22-17(15)24-6-8-27-9-7-24/h12-13,26H,3-11H2,1-2H3. The first-order valence-corrected chi connectivity index (χ1v) is 10.0. The largest absolute Gasteiger partial charge is 0.392 e. The summed E-state index contributed by atoms with van der Waals surface area (Å²) in [5.41, 5.74) is 1.56. The molecule has 0 saturated carbocycles. The molecule has 4 heterocycles. The van der Waals surface area contributed by atoms with Gasteiger partial charge in [-0.05, 0) is 37.9 Å². The van der Waals surface area contributed by atoms with Crippen LogP contribution in [-0.2, 0) is 18.2 Å². The quantitative estimate of drug-likeness (QED) is 0.781. The molecule has 148 valence electrons. The second-order valence-electron chi connectivity index (χ2n) is 7.52. The molecule has 8 nitrogen and oxygen atoms in total. The second kappa shape index (κ2) is 7.87. The average Bonchev–Trinajstić information content (AvgIpc) is 2.97. The molecule has 2 aromatic heterocycles. The summed E-state index contributed by atoms with van der Waals surface area (Å²) in [5.74, 6) is 1.75. The van der Waals surface area contributed by atoms with Gasteiger partial charge in [0, 0.05) is 39.1 Å². The summed E-state index contributed by atoms with van der Waals surface area (Å²) < 4.78 is 7.47. The highest BCUT2D eigenvalue weighted by molar-refractivity contribution is 6.28. The third-order valence-electron chi connectivity index (χ3n) is 5.61. The van der Waals surface area contributed by atoms with Crippen molar-refractivity contribution in [3.8, 4) is 0 Å². The van der Waals surface area contributed by atoms with E-state index in [0.29, 0.717) is 19.3 Å². The normalized spacial score (nSPS) is 23.1. The molecule has 0 aromatic carbocycles. The van der Waals surface area contributed by atoms with Crippen LogP contribution in [0.3, 0.4) is 0 Å². The Morgan fingerprint density at radius 1 is 1.22 bits per heavy atom. The van der Waals surface area contributed by atoms with E-state index >= 15 is 0 Å². The molecule has 1 N–H and O–H groups in total. The van der Waals surface area contributed by atoms with E-state index in [1.165, 1.54) is 0 Å². The van der Waals surface area contributed by atoms with E-state index in [4.69, 9.17) is 21.3 Å². The molecule has 2 atom stereocenters. The van der Waals surface area contributed by atoms with Crippen molar-refractivity contribution in [2.24, 2.45) is 7.05 Å². The van der Waals surface area contributed by atoms with E-state index in [0.717, 1.165) is 68.2 Å². The Morgan fingerprint density at radius 3 is 2.74 bits per heavy atom. The fourth-order valence-corrected chi connectivity index (χ4v) is 4.18. The van der Waals surface area contributed by atoms with E-state index in [2.05, 4.69) is 26.7 Å². The number of nitrogens with zero attached hydrogens (tertiary/aromatic N) is 6. The number of rotatable bonds is 4. The third kappa shape index (κ3) is 3.89. The number of aryl methyl sites for hydroxylation is 1. The smallest absolute Gasteiger partial charge is 0.226 e. The summed E-state index contributed by atoms with van der Waals surface area (Å²) in [7, 11) is 1.98. The van der Waals surface area contributed by atoms with Crippen LogP contribution < -0.4 is 4.90 Å². The molecule has 0 amide bonds. The number of likely N-dealkylation sites (tertiary alicyclic amines) is 1. The van der Waals surface area contributed by atoms with E-state index < -0.39 is 0 Å². The minimum Gasteiger partial charge on any atom is -0.392 e. The van der Waals surface area contributed by atoms with Gasteiger partial charge in [-0.1, -0.05) is 0 Å². The number of aliphatic hydroxyl groups excluding tert-OH is 1. The number of aromatic nitrogens is 4. The summed E-state index contributed by atoms with van der Waals surface area (Å²) >= 11 is 6.21. The van der Waals surface area contributed by atoms with Crippen LogP contribution in [0.5, 0.6) is 0 Å². The number of ether oxygens (including phenoxy) is 1. The zero-order chi connectivity index (χ0) is 19.0. The van der Waals surface area contributed by atoms with E-state index in [-0.39, 0.29) is 11.4 Å². The minimum absolute atomic E-state index is 0.223. The Kier molecular flexibility index (Phi) is 5.50. The predicted molar refractivity (Wildman–Crippen MR) is 104 cm³/mol. The first kappa shape index (κ1) is 18.9. The summed E-state index contributed by atoms with van der Waals surface area (Å²) in [6.45, 7) is 6.85. The Labute approximate surface area is 164 Å². The van der Waals surface area contributed by atoms with Crippen molar-refractivity contribution in [3.05, 3.63) is 11.1 Å². The zero-order valence-corrected chi connectivity index (χ0v) is 16.7. The molecular formula is C18H27ClN6O2. The van der Waals surface area contributed by atoms with Crippen LogP contribution in [0.25, 0.3) is 11.2 Å². The predicted octanol–water partition coefficient (Wildman–Crippen LogP) is 1.24. The van der Waals surface area contributed by atoms with Gasteiger partial charge in [-0.15, -0.1) is 0 Å². The molecule has 0 bridgehead atoms. The number of aliphatic hydroxyl groups is 1. The van der Waals surface area contributed by atoms with Gasteiger partial charge in [0.05, 0.1) is 19.3 Å². The number of hydrogen-bond acceptors (Lipinski definition) is 7. The van der Waals surface area contributed by atoms with Crippen LogP contribution >= 0.6 is 11.6 Å². The molecule has 4 rings (SSSR count). The van der Waals surface area contributed by atoms with Crippen LogP contribution in [0.1, 0.15) is 25.6 Å². The lowest BCUT2D eigenvalue weighted by atomic mass is 10.0. The number of hydrogen-bond donors (Lipinski definition) is 1. The Hall–Kier alpha value is -1.48. The molecule has 0 aliphatic carbocycles.